The molecule has 0 fully saturated rings. The Kier molecular flexibility index (Phi) is 3.11. The van der Waals surface area contributed by atoms with Gasteiger partial charge in [0.05, 0.1) is 0 Å². The molecule has 0 radical (unpaired) electrons. The first-order chi connectivity index (χ1) is 7.70. The lowest BCUT2D eigenvalue weighted by atomic mass is 10.6. The van der Waals surface area contributed by atoms with E-state index in [1.165, 1.54) is 29.1 Å². The van der Waals surface area contributed by atoms with E-state index in [9.17, 15) is 0 Å². The fourth-order valence-corrected chi connectivity index (χ4v) is 1.52. The van der Waals surface area contributed by atoms with E-state index in [0.717, 1.165) is 5.03 Å². The third-order valence-electron chi connectivity index (χ3n) is 1.78. The van der Waals surface area contributed by atoms with Crippen LogP contribution in [0.5, 0.6) is 0 Å². The highest BCUT2D eigenvalue weighted by Gasteiger charge is 2.06. The van der Waals surface area contributed by atoms with Gasteiger partial charge in [-0.1, -0.05) is 12.2 Å². The van der Waals surface area contributed by atoms with E-state index in [0.29, 0.717) is 11.6 Å². The van der Waals surface area contributed by atoms with Crippen LogP contribution in [-0.2, 0) is 0 Å². The highest BCUT2D eigenvalue weighted by atomic mass is 32.2. The monoisotopic (exact) mass is 252 g/mol. The Morgan fingerprint density at radius 3 is 2.88 bits per heavy atom. The molecular formula is C8H8N6S2. The summed E-state index contributed by atoms with van der Waals surface area (Å²) in [5.74, 6) is 0.966. The quantitative estimate of drug-likeness (QED) is 0.481. The Bertz CT molecular complexity index is 523. The summed E-state index contributed by atoms with van der Waals surface area (Å²) < 4.78 is 1.51. The molecule has 2 heterocycles. The molecule has 0 aromatic carbocycles. The normalized spacial score (nSPS) is 10.3. The Morgan fingerprint density at radius 1 is 1.44 bits per heavy atom. The minimum absolute atomic E-state index is 0.165. The van der Waals surface area contributed by atoms with Crippen molar-refractivity contribution in [3.05, 3.63) is 24.5 Å². The van der Waals surface area contributed by atoms with Gasteiger partial charge in [-0.05, 0) is 6.26 Å². The average Bonchev–Trinajstić information content (AvgIpc) is 2.78. The van der Waals surface area contributed by atoms with E-state index in [4.69, 9.17) is 18.0 Å². The second kappa shape index (κ2) is 4.54. The third-order valence-corrected chi connectivity index (χ3v) is 2.61. The van der Waals surface area contributed by atoms with E-state index < -0.39 is 0 Å². The minimum atomic E-state index is 0.165. The molecular weight excluding hydrogens is 244 g/mol. The van der Waals surface area contributed by atoms with Crippen LogP contribution in [0.3, 0.4) is 0 Å². The number of hydrogen-bond donors (Lipinski definition) is 1. The van der Waals surface area contributed by atoms with Gasteiger partial charge in [0.25, 0.3) is 0 Å². The van der Waals surface area contributed by atoms with Gasteiger partial charge < -0.3 is 5.73 Å². The van der Waals surface area contributed by atoms with Crippen molar-refractivity contribution < 1.29 is 0 Å². The summed E-state index contributed by atoms with van der Waals surface area (Å²) in [6.45, 7) is 0. The lowest BCUT2D eigenvalue weighted by Crippen LogP contribution is -2.12. The topological polar surface area (TPSA) is 82.5 Å². The van der Waals surface area contributed by atoms with Gasteiger partial charge in [0.1, 0.15) is 22.7 Å². The summed E-state index contributed by atoms with van der Waals surface area (Å²) in [7, 11) is 0. The van der Waals surface area contributed by atoms with E-state index in [1.54, 1.807) is 0 Å². The Hall–Kier alpha value is -1.54. The average molecular weight is 252 g/mol. The molecule has 0 aliphatic carbocycles. The van der Waals surface area contributed by atoms with Crippen LogP contribution in [0.1, 0.15) is 5.82 Å². The number of thioether (sulfide) groups is 1. The summed E-state index contributed by atoms with van der Waals surface area (Å²) in [5, 5.41) is 4.95. The van der Waals surface area contributed by atoms with Crippen LogP contribution in [0.15, 0.2) is 23.7 Å². The van der Waals surface area contributed by atoms with E-state index >= 15 is 0 Å². The zero-order chi connectivity index (χ0) is 11.5. The van der Waals surface area contributed by atoms with Crippen LogP contribution >= 0.6 is 24.0 Å². The first kappa shape index (κ1) is 11.0. The molecule has 0 saturated heterocycles. The van der Waals surface area contributed by atoms with Crippen molar-refractivity contribution in [1.29, 1.82) is 0 Å². The maximum Gasteiger partial charge on any atom is 0.208 e. The molecule has 6 nitrogen and oxygen atoms in total. The maximum absolute atomic E-state index is 5.42. The predicted octanol–water partition coefficient (Wildman–Crippen LogP) is 0.413. The molecule has 0 amide bonds. The maximum atomic E-state index is 5.42. The summed E-state index contributed by atoms with van der Waals surface area (Å²) in [5.41, 5.74) is 5.42. The van der Waals surface area contributed by atoms with Crippen molar-refractivity contribution in [3.8, 4) is 5.82 Å². The lowest BCUT2D eigenvalue weighted by molar-refractivity contribution is 0.823. The van der Waals surface area contributed by atoms with Crippen LogP contribution in [0.25, 0.3) is 5.82 Å². The highest BCUT2D eigenvalue weighted by molar-refractivity contribution is 7.98. The molecule has 16 heavy (non-hydrogen) atoms. The zero-order valence-corrected chi connectivity index (χ0v) is 9.99. The molecule has 2 rings (SSSR count). The number of nitrogens with zero attached hydrogens (tertiary/aromatic N) is 5. The highest BCUT2D eigenvalue weighted by Crippen LogP contribution is 2.12. The van der Waals surface area contributed by atoms with Crippen LogP contribution in [0, 0.1) is 0 Å². The first-order valence-corrected chi connectivity index (χ1v) is 5.92. The van der Waals surface area contributed by atoms with Crippen molar-refractivity contribution in [2.45, 2.75) is 5.03 Å². The number of hydrogen-bond acceptors (Lipinski definition) is 6. The summed E-state index contributed by atoms with van der Waals surface area (Å²) in [6.07, 6.45) is 4.93. The SMILES string of the molecule is CSc1cc(-n2cnc(C(N)=S)n2)ncn1. The van der Waals surface area contributed by atoms with Crippen LogP contribution < -0.4 is 5.73 Å². The molecule has 0 atom stereocenters. The number of nitrogens with two attached hydrogens (primary N) is 1. The van der Waals surface area contributed by atoms with Crippen molar-refractivity contribution in [3.63, 3.8) is 0 Å². The Balaban J connectivity index is 2.38. The second-order valence-corrected chi connectivity index (χ2v) is 4.06. The van der Waals surface area contributed by atoms with Crippen LogP contribution in [-0.4, -0.2) is 36.0 Å². The van der Waals surface area contributed by atoms with Gasteiger partial charge in [0, 0.05) is 6.07 Å². The van der Waals surface area contributed by atoms with Crippen LogP contribution in [0.2, 0.25) is 0 Å². The molecule has 0 aliphatic heterocycles. The lowest BCUT2D eigenvalue weighted by Gasteiger charge is -1.99. The van der Waals surface area contributed by atoms with Gasteiger partial charge in [-0.25, -0.2) is 19.6 Å². The van der Waals surface area contributed by atoms with Gasteiger partial charge in [-0.15, -0.1) is 16.9 Å². The van der Waals surface area contributed by atoms with Gasteiger partial charge >= 0.3 is 0 Å². The molecule has 82 valence electrons. The molecule has 8 heteroatoms. The molecule has 0 saturated carbocycles. The standard InChI is InChI=1S/C8H8N6S2/c1-16-6-2-5(10-3-11-6)14-4-12-8(13-14)7(9)15/h2-4H,1H3,(H2,9,15). The number of thiocarbonyl (C=S) groups is 1. The fourth-order valence-electron chi connectivity index (χ4n) is 1.05. The molecule has 0 aliphatic rings. The molecule has 0 spiro atoms. The summed E-state index contributed by atoms with van der Waals surface area (Å²) in [6, 6.07) is 1.81. The summed E-state index contributed by atoms with van der Waals surface area (Å²) >= 11 is 6.30. The largest absolute Gasteiger partial charge is 0.387 e. The summed E-state index contributed by atoms with van der Waals surface area (Å²) in [4.78, 5) is 12.3. The zero-order valence-electron chi connectivity index (χ0n) is 8.36. The van der Waals surface area contributed by atoms with Gasteiger partial charge in [-0.3, -0.25) is 0 Å². The fraction of sp³-hybridized carbons (Fsp3) is 0.125. The predicted molar refractivity (Wildman–Crippen MR) is 64.6 cm³/mol. The van der Waals surface area contributed by atoms with Crippen molar-refractivity contribution >= 4 is 29.0 Å². The number of rotatable bonds is 3. The third kappa shape index (κ3) is 2.17. The minimum Gasteiger partial charge on any atom is -0.387 e. The van der Waals surface area contributed by atoms with Gasteiger partial charge in [0.2, 0.25) is 5.82 Å². The molecule has 2 aromatic heterocycles. The Morgan fingerprint density at radius 2 is 2.25 bits per heavy atom. The molecule has 2 N–H and O–H groups in total. The van der Waals surface area contributed by atoms with Crippen LogP contribution in [0.4, 0.5) is 0 Å². The van der Waals surface area contributed by atoms with Gasteiger partial charge in [-0.2, -0.15) is 0 Å². The molecule has 2 aromatic rings. The van der Waals surface area contributed by atoms with E-state index in [-0.39, 0.29) is 4.99 Å². The smallest absolute Gasteiger partial charge is 0.208 e. The van der Waals surface area contributed by atoms with Crippen molar-refractivity contribution in [2.24, 2.45) is 5.73 Å². The molecule has 0 unspecified atom stereocenters. The van der Waals surface area contributed by atoms with Crippen molar-refractivity contribution in [2.75, 3.05) is 6.26 Å². The Labute approximate surface area is 101 Å². The second-order valence-electron chi connectivity index (χ2n) is 2.80. The van der Waals surface area contributed by atoms with Gasteiger partial charge in [0.15, 0.2) is 5.82 Å². The first-order valence-electron chi connectivity index (χ1n) is 4.28. The van der Waals surface area contributed by atoms with E-state index in [1.807, 2.05) is 12.3 Å². The number of aromatic nitrogens is 5. The van der Waals surface area contributed by atoms with E-state index in [2.05, 4.69) is 20.1 Å². The van der Waals surface area contributed by atoms with Crippen molar-refractivity contribution in [1.82, 2.24) is 24.7 Å². The molecule has 0 bridgehead atoms.